The number of halogens is 2. The quantitative estimate of drug-likeness (QED) is 0.865. The normalized spacial score (nSPS) is 19.0. The number of benzene rings is 1. The van der Waals surface area contributed by atoms with Crippen LogP contribution in [0.4, 0.5) is 14.9 Å². The van der Waals surface area contributed by atoms with Crippen LogP contribution in [0.25, 0.3) is 0 Å². The van der Waals surface area contributed by atoms with Gasteiger partial charge in [0.15, 0.2) is 5.82 Å². The molecule has 25 heavy (non-hydrogen) atoms. The highest BCUT2D eigenvalue weighted by atomic mass is 35.5. The number of piperazine rings is 1. The van der Waals surface area contributed by atoms with E-state index in [1.807, 2.05) is 4.90 Å². The standard InChI is InChI=1S/C18H23ClFN3O2/c19-14-7-4-8-15(16(14)20)21-18(25)23-11-9-22(10-12-23)17(24)13-5-2-1-3-6-13/h4,7-8,13H,1-3,5-6,9-12H2,(H,21,25). The highest BCUT2D eigenvalue weighted by Gasteiger charge is 2.29. The summed E-state index contributed by atoms with van der Waals surface area (Å²) in [5.74, 6) is -0.265. The van der Waals surface area contributed by atoms with Gasteiger partial charge in [-0.3, -0.25) is 4.79 Å². The van der Waals surface area contributed by atoms with Crippen LogP contribution < -0.4 is 5.32 Å². The second-order valence-corrected chi connectivity index (χ2v) is 7.09. The Labute approximate surface area is 152 Å². The second kappa shape index (κ2) is 8.04. The van der Waals surface area contributed by atoms with Crippen molar-refractivity contribution in [1.29, 1.82) is 0 Å². The van der Waals surface area contributed by atoms with Crippen LogP contribution in [0.5, 0.6) is 0 Å². The van der Waals surface area contributed by atoms with E-state index in [0.29, 0.717) is 26.2 Å². The molecule has 1 aliphatic carbocycles. The number of nitrogens with zero attached hydrogens (tertiary/aromatic N) is 2. The van der Waals surface area contributed by atoms with Gasteiger partial charge in [0.2, 0.25) is 5.91 Å². The summed E-state index contributed by atoms with van der Waals surface area (Å²) >= 11 is 5.73. The van der Waals surface area contributed by atoms with Crippen molar-refractivity contribution in [1.82, 2.24) is 9.80 Å². The summed E-state index contributed by atoms with van der Waals surface area (Å²) in [5, 5.41) is 2.53. The van der Waals surface area contributed by atoms with Gasteiger partial charge in [-0.25, -0.2) is 9.18 Å². The molecule has 0 spiro atoms. The molecule has 1 aliphatic heterocycles. The molecule has 1 N–H and O–H groups in total. The first-order valence-electron chi connectivity index (χ1n) is 8.85. The van der Waals surface area contributed by atoms with E-state index in [4.69, 9.17) is 11.6 Å². The molecule has 1 aromatic rings. The number of rotatable bonds is 2. The van der Waals surface area contributed by atoms with E-state index in [-0.39, 0.29) is 28.6 Å². The number of hydrogen-bond acceptors (Lipinski definition) is 2. The van der Waals surface area contributed by atoms with E-state index < -0.39 is 5.82 Å². The van der Waals surface area contributed by atoms with Gasteiger partial charge in [-0.15, -0.1) is 0 Å². The zero-order valence-corrected chi connectivity index (χ0v) is 14.9. The van der Waals surface area contributed by atoms with E-state index in [0.717, 1.165) is 25.7 Å². The maximum atomic E-state index is 13.9. The largest absolute Gasteiger partial charge is 0.339 e. The number of nitrogens with one attached hydrogen (secondary N) is 1. The number of carbonyl (C=O) groups is 2. The van der Waals surface area contributed by atoms with Gasteiger partial charge in [0.05, 0.1) is 10.7 Å². The van der Waals surface area contributed by atoms with Crippen molar-refractivity contribution < 1.29 is 14.0 Å². The maximum absolute atomic E-state index is 13.9. The third-order valence-electron chi connectivity index (χ3n) is 5.03. The van der Waals surface area contributed by atoms with Crippen molar-refractivity contribution in [3.63, 3.8) is 0 Å². The first kappa shape index (κ1) is 18.0. The molecule has 2 fully saturated rings. The Hall–Kier alpha value is -1.82. The molecular weight excluding hydrogens is 345 g/mol. The summed E-state index contributed by atoms with van der Waals surface area (Å²) in [7, 11) is 0. The summed E-state index contributed by atoms with van der Waals surface area (Å²) < 4.78 is 13.9. The fraction of sp³-hybridized carbons (Fsp3) is 0.556. The molecule has 0 aromatic heterocycles. The zero-order chi connectivity index (χ0) is 17.8. The zero-order valence-electron chi connectivity index (χ0n) is 14.1. The molecule has 0 bridgehead atoms. The lowest BCUT2D eigenvalue weighted by atomic mass is 9.88. The van der Waals surface area contributed by atoms with Gasteiger partial charge in [0.25, 0.3) is 0 Å². The van der Waals surface area contributed by atoms with Crippen molar-refractivity contribution in [2.24, 2.45) is 5.92 Å². The SMILES string of the molecule is O=C(Nc1cccc(Cl)c1F)N1CCN(C(=O)C2CCCCC2)CC1. The van der Waals surface area contributed by atoms with Crippen molar-refractivity contribution in [2.45, 2.75) is 32.1 Å². The molecule has 0 unspecified atom stereocenters. The van der Waals surface area contributed by atoms with Crippen molar-refractivity contribution >= 4 is 29.2 Å². The molecule has 1 heterocycles. The number of amides is 3. The van der Waals surface area contributed by atoms with Crippen LogP contribution in [0.1, 0.15) is 32.1 Å². The minimum Gasteiger partial charge on any atom is -0.339 e. The Morgan fingerprint density at radius 1 is 1.04 bits per heavy atom. The van der Waals surface area contributed by atoms with Crippen LogP contribution in [0.3, 0.4) is 0 Å². The highest BCUT2D eigenvalue weighted by Crippen LogP contribution is 2.26. The van der Waals surface area contributed by atoms with E-state index in [2.05, 4.69) is 5.32 Å². The van der Waals surface area contributed by atoms with Crippen LogP contribution in [0.15, 0.2) is 18.2 Å². The van der Waals surface area contributed by atoms with Crippen molar-refractivity contribution in [3.05, 3.63) is 29.0 Å². The molecule has 1 saturated carbocycles. The summed E-state index contributed by atoms with van der Waals surface area (Å²) in [6, 6.07) is 4.12. The fourth-order valence-corrected chi connectivity index (χ4v) is 3.71. The minimum absolute atomic E-state index is 0.0271. The van der Waals surface area contributed by atoms with Crippen molar-refractivity contribution in [3.8, 4) is 0 Å². The molecule has 0 radical (unpaired) electrons. The predicted octanol–water partition coefficient (Wildman–Crippen LogP) is 3.74. The molecular formula is C18H23ClFN3O2. The third kappa shape index (κ3) is 4.24. The van der Waals surface area contributed by atoms with Crippen LogP contribution in [0, 0.1) is 11.7 Å². The molecule has 3 rings (SSSR count). The van der Waals surface area contributed by atoms with Crippen molar-refractivity contribution in [2.75, 3.05) is 31.5 Å². The number of urea groups is 1. The van der Waals surface area contributed by atoms with Crippen LogP contribution in [-0.4, -0.2) is 47.9 Å². The van der Waals surface area contributed by atoms with E-state index >= 15 is 0 Å². The summed E-state index contributed by atoms with van der Waals surface area (Å²) in [6.45, 7) is 1.96. The lowest BCUT2D eigenvalue weighted by Gasteiger charge is -2.37. The average molecular weight is 368 g/mol. The van der Waals surface area contributed by atoms with Gasteiger partial charge in [-0.1, -0.05) is 36.9 Å². The van der Waals surface area contributed by atoms with Gasteiger partial charge < -0.3 is 15.1 Å². The molecule has 1 saturated heterocycles. The minimum atomic E-state index is -0.636. The average Bonchev–Trinajstić information content (AvgIpc) is 2.65. The summed E-state index contributed by atoms with van der Waals surface area (Å²) in [4.78, 5) is 28.3. The fourth-order valence-electron chi connectivity index (χ4n) is 3.53. The molecule has 3 amide bonds. The molecule has 136 valence electrons. The first-order valence-corrected chi connectivity index (χ1v) is 9.23. The third-order valence-corrected chi connectivity index (χ3v) is 5.32. The highest BCUT2D eigenvalue weighted by molar-refractivity contribution is 6.31. The topological polar surface area (TPSA) is 52.7 Å². The van der Waals surface area contributed by atoms with E-state index in [1.54, 1.807) is 11.0 Å². The van der Waals surface area contributed by atoms with Gasteiger partial charge >= 0.3 is 6.03 Å². The Bertz CT molecular complexity index is 641. The lowest BCUT2D eigenvalue weighted by Crippen LogP contribution is -2.53. The van der Waals surface area contributed by atoms with Crippen LogP contribution in [0.2, 0.25) is 5.02 Å². The Morgan fingerprint density at radius 2 is 1.68 bits per heavy atom. The van der Waals surface area contributed by atoms with Crippen LogP contribution in [-0.2, 0) is 4.79 Å². The molecule has 0 atom stereocenters. The molecule has 1 aromatic carbocycles. The number of anilines is 1. The monoisotopic (exact) mass is 367 g/mol. The van der Waals surface area contributed by atoms with Gasteiger partial charge in [-0.2, -0.15) is 0 Å². The molecule has 2 aliphatic rings. The van der Waals surface area contributed by atoms with Gasteiger partial charge in [-0.05, 0) is 25.0 Å². The maximum Gasteiger partial charge on any atom is 0.322 e. The Balaban J connectivity index is 1.52. The predicted molar refractivity (Wildman–Crippen MR) is 95.2 cm³/mol. The summed E-state index contributed by atoms with van der Waals surface area (Å²) in [5.41, 5.74) is 0.0678. The first-order chi connectivity index (χ1) is 12.1. The smallest absolute Gasteiger partial charge is 0.322 e. The Kier molecular flexibility index (Phi) is 5.78. The lowest BCUT2D eigenvalue weighted by molar-refractivity contribution is -0.137. The second-order valence-electron chi connectivity index (χ2n) is 6.68. The van der Waals surface area contributed by atoms with Crippen LogP contribution >= 0.6 is 11.6 Å². The molecule has 5 nitrogen and oxygen atoms in total. The number of carbonyl (C=O) groups excluding carboxylic acids is 2. The Morgan fingerprint density at radius 3 is 2.36 bits per heavy atom. The van der Waals surface area contributed by atoms with E-state index in [1.165, 1.54) is 18.6 Å². The van der Waals surface area contributed by atoms with Gasteiger partial charge in [0.1, 0.15) is 0 Å². The molecule has 7 heteroatoms. The summed E-state index contributed by atoms with van der Waals surface area (Å²) in [6.07, 6.45) is 5.44. The van der Waals surface area contributed by atoms with Gasteiger partial charge in [0, 0.05) is 32.1 Å². The van der Waals surface area contributed by atoms with E-state index in [9.17, 15) is 14.0 Å². The number of hydrogen-bond donors (Lipinski definition) is 1.